The molecule has 10 heteroatoms. The molecule has 44 heavy (non-hydrogen) atoms. The van der Waals surface area contributed by atoms with Crippen LogP contribution >= 0.6 is 0 Å². The fourth-order valence-corrected chi connectivity index (χ4v) is 4.91. The SMILES string of the molecule is O=C(Nc1cccc(-c2ccn(C(Cc3cc[n+]([O-])cc3)c3ccc(OC(F)F)c(OCC4CC4)c3)n2)c1)c1ccccc1. The number of carbonyl (C=O) groups excluding carboxylic acids is 1. The highest BCUT2D eigenvalue weighted by Crippen LogP contribution is 2.37. The van der Waals surface area contributed by atoms with Crippen LogP contribution < -0.4 is 19.5 Å². The Morgan fingerprint density at radius 2 is 1.77 bits per heavy atom. The van der Waals surface area contributed by atoms with E-state index >= 15 is 0 Å². The molecule has 2 aromatic heterocycles. The summed E-state index contributed by atoms with van der Waals surface area (Å²) in [5.41, 5.74) is 4.32. The lowest BCUT2D eigenvalue weighted by Gasteiger charge is -2.21. The van der Waals surface area contributed by atoms with Crippen molar-refractivity contribution in [3.8, 4) is 22.8 Å². The summed E-state index contributed by atoms with van der Waals surface area (Å²) in [6, 6.07) is 26.3. The van der Waals surface area contributed by atoms with E-state index in [-0.39, 0.29) is 23.4 Å². The normalized spacial score (nSPS) is 13.4. The average molecular weight is 597 g/mol. The van der Waals surface area contributed by atoms with Gasteiger partial charge in [0.05, 0.1) is 18.3 Å². The Morgan fingerprint density at radius 3 is 2.52 bits per heavy atom. The summed E-state index contributed by atoms with van der Waals surface area (Å²) in [7, 11) is 0. The Labute approximate surface area is 253 Å². The quantitative estimate of drug-likeness (QED) is 0.129. The number of hydrogen-bond donors (Lipinski definition) is 1. The van der Waals surface area contributed by atoms with E-state index < -0.39 is 6.61 Å². The van der Waals surface area contributed by atoms with E-state index in [9.17, 15) is 18.8 Å². The van der Waals surface area contributed by atoms with Crippen LogP contribution in [0.4, 0.5) is 14.5 Å². The van der Waals surface area contributed by atoms with Gasteiger partial charge in [-0.05, 0) is 78.8 Å². The summed E-state index contributed by atoms with van der Waals surface area (Å²) in [4.78, 5) is 12.7. The van der Waals surface area contributed by atoms with Crippen molar-refractivity contribution in [3.63, 3.8) is 0 Å². The predicted octanol–water partition coefficient (Wildman–Crippen LogP) is 6.66. The smallest absolute Gasteiger partial charge is 0.387 e. The van der Waals surface area contributed by atoms with Crippen molar-refractivity contribution in [2.45, 2.75) is 31.9 Å². The average Bonchev–Trinajstić information content (AvgIpc) is 3.74. The Hall–Kier alpha value is -5.25. The lowest BCUT2D eigenvalue weighted by molar-refractivity contribution is -0.605. The van der Waals surface area contributed by atoms with Crippen LogP contribution in [-0.4, -0.2) is 28.9 Å². The molecular formula is C34H30F2N4O4. The monoisotopic (exact) mass is 596 g/mol. The third-order valence-corrected chi connectivity index (χ3v) is 7.42. The molecule has 1 unspecified atom stereocenters. The molecule has 1 aliphatic carbocycles. The van der Waals surface area contributed by atoms with Gasteiger partial charge < -0.3 is 20.0 Å². The number of amides is 1. The molecule has 1 amide bonds. The maximum Gasteiger partial charge on any atom is 0.387 e. The first-order chi connectivity index (χ1) is 21.4. The second-order valence-electron chi connectivity index (χ2n) is 10.7. The zero-order valence-electron chi connectivity index (χ0n) is 23.7. The Morgan fingerprint density at radius 1 is 0.977 bits per heavy atom. The Balaban J connectivity index is 1.30. The highest BCUT2D eigenvalue weighted by molar-refractivity contribution is 6.04. The van der Waals surface area contributed by atoms with Crippen LogP contribution in [-0.2, 0) is 6.42 Å². The van der Waals surface area contributed by atoms with Crippen LogP contribution in [0.1, 0.15) is 40.4 Å². The Bertz CT molecular complexity index is 1720. The minimum Gasteiger partial charge on any atom is -0.619 e. The van der Waals surface area contributed by atoms with Crippen molar-refractivity contribution < 1.29 is 27.8 Å². The molecule has 224 valence electrons. The fraction of sp³-hybridized carbons (Fsp3) is 0.206. The molecule has 1 fully saturated rings. The molecule has 0 saturated heterocycles. The van der Waals surface area contributed by atoms with Gasteiger partial charge in [0.25, 0.3) is 5.91 Å². The highest BCUT2D eigenvalue weighted by Gasteiger charge is 2.25. The van der Waals surface area contributed by atoms with Crippen molar-refractivity contribution in [3.05, 3.63) is 131 Å². The third kappa shape index (κ3) is 7.20. The number of nitrogens with zero attached hydrogens (tertiary/aromatic N) is 3. The van der Waals surface area contributed by atoms with Crippen LogP contribution in [0.15, 0.2) is 110 Å². The molecule has 0 radical (unpaired) electrons. The van der Waals surface area contributed by atoms with Crippen molar-refractivity contribution >= 4 is 11.6 Å². The van der Waals surface area contributed by atoms with Crippen LogP contribution in [0.2, 0.25) is 0 Å². The van der Waals surface area contributed by atoms with Gasteiger partial charge in [-0.1, -0.05) is 36.4 Å². The molecule has 1 atom stereocenters. The largest absolute Gasteiger partial charge is 0.619 e. The van der Waals surface area contributed by atoms with Gasteiger partial charge in [-0.25, -0.2) is 0 Å². The lowest BCUT2D eigenvalue weighted by Crippen LogP contribution is -2.24. The minimum atomic E-state index is -2.98. The second-order valence-corrected chi connectivity index (χ2v) is 10.7. The number of hydrogen-bond acceptors (Lipinski definition) is 5. The molecule has 0 aliphatic heterocycles. The van der Waals surface area contributed by atoms with Gasteiger partial charge in [0.1, 0.15) is 0 Å². The number of ether oxygens (including phenoxy) is 2. The molecule has 1 aliphatic rings. The first-order valence-corrected chi connectivity index (χ1v) is 14.3. The van der Waals surface area contributed by atoms with Crippen molar-refractivity contribution in [1.29, 1.82) is 0 Å². The highest BCUT2D eigenvalue weighted by atomic mass is 19.3. The number of pyridine rings is 1. The van der Waals surface area contributed by atoms with Crippen LogP contribution in [0.25, 0.3) is 11.3 Å². The number of alkyl halides is 2. The van der Waals surface area contributed by atoms with Crippen molar-refractivity contribution in [2.75, 3.05) is 11.9 Å². The van der Waals surface area contributed by atoms with Crippen molar-refractivity contribution in [1.82, 2.24) is 9.78 Å². The number of benzene rings is 3. The number of aromatic nitrogens is 3. The van der Waals surface area contributed by atoms with E-state index in [4.69, 9.17) is 14.6 Å². The van der Waals surface area contributed by atoms with Gasteiger partial charge in [-0.15, -0.1) is 0 Å². The minimum absolute atomic E-state index is 0.0224. The molecule has 3 aromatic carbocycles. The number of rotatable bonds is 12. The molecule has 8 nitrogen and oxygen atoms in total. The van der Waals surface area contributed by atoms with Crippen molar-refractivity contribution in [2.24, 2.45) is 5.92 Å². The maximum absolute atomic E-state index is 13.2. The van der Waals surface area contributed by atoms with Crippen LogP contribution in [0.5, 0.6) is 11.5 Å². The number of nitrogens with one attached hydrogen (secondary N) is 1. The standard InChI is InChI=1S/C34H30F2N4O4/c35-34(36)44-31-12-11-27(21-32(31)43-22-24-9-10-24)30(19-23-13-16-39(42)17-14-23)40-18-15-29(38-40)26-7-4-8-28(20-26)37-33(41)25-5-2-1-3-6-25/h1-8,11-18,20-21,24,30,34H,9-10,19,22H2,(H,37,41). The van der Waals surface area contributed by atoms with Gasteiger partial charge in [-0.3, -0.25) is 9.48 Å². The zero-order chi connectivity index (χ0) is 30.5. The van der Waals surface area contributed by atoms with Gasteiger partial charge in [0.15, 0.2) is 23.9 Å². The molecule has 1 saturated carbocycles. The molecule has 0 spiro atoms. The predicted molar refractivity (Wildman–Crippen MR) is 161 cm³/mol. The molecule has 2 heterocycles. The van der Waals surface area contributed by atoms with E-state index in [0.29, 0.717) is 40.6 Å². The molecule has 1 N–H and O–H groups in total. The summed E-state index contributed by atoms with van der Waals surface area (Å²) in [5, 5.41) is 19.5. The number of halogens is 2. The molecule has 0 bridgehead atoms. The molecular weight excluding hydrogens is 566 g/mol. The van der Waals surface area contributed by atoms with E-state index in [1.807, 2.05) is 54.7 Å². The summed E-state index contributed by atoms with van der Waals surface area (Å²) in [6.07, 6.45) is 7.27. The molecule has 6 rings (SSSR count). The first-order valence-electron chi connectivity index (χ1n) is 14.3. The van der Waals surface area contributed by atoms with Gasteiger partial charge in [0.2, 0.25) is 0 Å². The van der Waals surface area contributed by atoms with Gasteiger partial charge >= 0.3 is 6.61 Å². The van der Waals surface area contributed by atoms with Crippen LogP contribution in [0.3, 0.4) is 0 Å². The summed E-state index contributed by atoms with van der Waals surface area (Å²) in [5.74, 6) is 0.429. The zero-order valence-corrected chi connectivity index (χ0v) is 23.7. The van der Waals surface area contributed by atoms with E-state index in [2.05, 4.69) is 5.32 Å². The molecule has 5 aromatic rings. The number of anilines is 1. The summed E-state index contributed by atoms with van der Waals surface area (Å²) in [6.45, 7) is -2.55. The second kappa shape index (κ2) is 12.9. The van der Waals surface area contributed by atoms with Crippen LogP contribution in [0, 0.1) is 11.1 Å². The fourth-order valence-electron chi connectivity index (χ4n) is 4.91. The third-order valence-electron chi connectivity index (χ3n) is 7.42. The van der Waals surface area contributed by atoms with E-state index in [1.165, 1.54) is 18.5 Å². The van der Waals surface area contributed by atoms with E-state index in [1.54, 1.807) is 41.1 Å². The van der Waals surface area contributed by atoms with Gasteiger partial charge in [-0.2, -0.15) is 18.6 Å². The first kappa shape index (κ1) is 28.9. The maximum atomic E-state index is 13.2. The summed E-state index contributed by atoms with van der Waals surface area (Å²) >= 11 is 0. The van der Waals surface area contributed by atoms with E-state index in [0.717, 1.165) is 29.5 Å². The Kier molecular flexibility index (Phi) is 8.49. The summed E-state index contributed by atoms with van der Waals surface area (Å²) < 4.78 is 39.5. The number of carbonyl (C=O) groups is 1. The van der Waals surface area contributed by atoms with Gasteiger partial charge in [0, 0.05) is 35.1 Å². The lowest BCUT2D eigenvalue weighted by atomic mass is 9.99. The topological polar surface area (TPSA) is 92.3 Å².